The van der Waals surface area contributed by atoms with Crippen LogP contribution in [0.4, 0.5) is 13.2 Å². The van der Waals surface area contributed by atoms with E-state index in [9.17, 15) is 13.2 Å². The van der Waals surface area contributed by atoms with Gasteiger partial charge >= 0.3 is 0 Å². The third-order valence-corrected chi connectivity index (χ3v) is 3.96. The van der Waals surface area contributed by atoms with Crippen LogP contribution >= 0.6 is 0 Å². The summed E-state index contributed by atoms with van der Waals surface area (Å²) in [6, 6.07) is 15.7. The molecule has 4 rings (SSSR count). The average Bonchev–Trinajstić information content (AvgIpc) is 3.00. The topological polar surface area (TPSA) is 36.9 Å². The van der Waals surface area contributed by atoms with Gasteiger partial charge in [-0.2, -0.15) is 5.26 Å². The Morgan fingerprint density at radius 2 is 1.54 bits per heavy atom. The molecule has 116 valence electrons. The Kier molecular flexibility index (Phi) is 3.07. The predicted octanol–water partition coefficient (Wildman–Crippen LogP) is 5.54. The van der Waals surface area contributed by atoms with Crippen LogP contribution in [0.5, 0.6) is 0 Å². The van der Waals surface area contributed by atoms with Gasteiger partial charge in [-0.3, -0.25) is 0 Å². The van der Waals surface area contributed by atoms with Crippen molar-refractivity contribution in [1.29, 1.82) is 5.26 Å². The summed E-state index contributed by atoms with van der Waals surface area (Å²) >= 11 is 0. The molecule has 0 N–H and O–H groups in total. The summed E-state index contributed by atoms with van der Waals surface area (Å²) in [6.07, 6.45) is 0. The molecule has 1 heterocycles. The van der Waals surface area contributed by atoms with Crippen molar-refractivity contribution in [2.45, 2.75) is 0 Å². The number of halogens is 3. The number of rotatable bonds is 1. The molecule has 0 spiro atoms. The molecular formula is C19H8F3NO. The van der Waals surface area contributed by atoms with Crippen LogP contribution in [-0.4, -0.2) is 0 Å². The minimum atomic E-state index is -1.67. The summed E-state index contributed by atoms with van der Waals surface area (Å²) in [6.45, 7) is 0. The van der Waals surface area contributed by atoms with Gasteiger partial charge in [0, 0.05) is 10.9 Å². The molecule has 0 unspecified atom stereocenters. The first-order valence-electron chi connectivity index (χ1n) is 7.10. The van der Waals surface area contributed by atoms with E-state index >= 15 is 0 Å². The predicted molar refractivity (Wildman–Crippen MR) is 83.7 cm³/mol. The molecule has 3 aromatic carbocycles. The van der Waals surface area contributed by atoms with Gasteiger partial charge in [-0.25, -0.2) is 13.2 Å². The molecule has 0 radical (unpaired) electrons. The standard InChI is InChI=1S/C19H8F3NO/c20-15-13(9-23)19-14(16(21)17(15)22)12-8-4-7-11(18(12)24-19)10-5-2-1-3-6-10/h1-8H. The maximum absolute atomic E-state index is 14.3. The third-order valence-electron chi connectivity index (χ3n) is 3.96. The average molecular weight is 323 g/mol. The van der Waals surface area contributed by atoms with Crippen LogP contribution in [0, 0.1) is 28.8 Å². The first kappa shape index (κ1) is 14.3. The highest BCUT2D eigenvalue weighted by Crippen LogP contribution is 2.39. The Balaban J connectivity index is 2.21. The summed E-state index contributed by atoms with van der Waals surface area (Å²) in [5.41, 5.74) is 0.806. The van der Waals surface area contributed by atoms with E-state index in [0.717, 1.165) is 5.56 Å². The summed E-state index contributed by atoms with van der Waals surface area (Å²) < 4.78 is 47.5. The largest absolute Gasteiger partial charge is 0.454 e. The molecule has 0 aliphatic carbocycles. The minimum Gasteiger partial charge on any atom is -0.454 e. The van der Waals surface area contributed by atoms with E-state index in [0.29, 0.717) is 10.9 Å². The van der Waals surface area contributed by atoms with Gasteiger partial charge in [0.05, 0.1) is 5.39 Å². The Morgan fingerprint density at radius 3 is 2.25 bits per heavy atom. The molecule has 0 fully saturated rings. The maximum atomic E-state index is 14.3. The first-order chi connectivity index (χ1) is 11.6. The number of nitriles is 1. The lowest BCUT2D eigenvalue weighted by molar-refractivity contribution is 0.450. The monoisotopic (exact) mass is 323 g/mol. The van der Waals surface area contributed by atoms with Crippen LogP contribution in [0.3, 0.4) is 0 Å². The molecule has 0 atom stereocenters. The van der Waals surface area contributed by atoms with Gasteiger partial charge in [-0.15, -0.1) is 0 Å². The van der Waals surface area contributed by atoms with Crippen molar-refractivity contribution in [3.63, 3.8) is 0 Å². The highest BCUT2D eigenvalue weighted by Gasteiger charge is 2.26. The molecule has 5 heteroatoms. The number of hydrogen-bond acceptors (Lipinski definition) is 2. The van der Waals surface area contributed by atoms with Crippen LogP contribution in [0.15, 0.2) is 52.9 Å². The lowest BCUT2D eigenvalue weighted by Gasteiger charge is -2.01. The molecular weight excluding hydrogens is 315 g/mol. The molecule has 24 heavy (non-hydrogen) atoms. The van der Waals surface area contributed by atoms with Crippen LogP contribution in [-0.2, 0) is 0 Å². The maximum Gasteiger partial charge on any atom is 0.196 e. The van der Waals surface area contributed by atoms with Gasteiger partial charge in [-0.1, -0.05) is 48.5 Å². The van der Waals surface area contributed by atoms with Crippen molar-refractivity contribution < 1.29 is 17.6 Å². The first-order valence-corrected chi connectivity index (χ1v) is 7.10. The second kappa shape index (κ2) is 5.14. The van der Waals surface area contributed by atoms with E-state index in [1.807, 2.05) is 30.3 Å². The van der Waals surface area contributed by atoms with Crippen LogP contribution in [0.25, 0.3) is 33.1 Å². The highest BCUT2D eigenvalue weighted by atomic mass is 19.2. The zero-order chi connectivity index (χ0) is 16.8. The van der Waals surface area contributed by atoms with Crippen molar-refractivity contribution in [1.82, 2.24) is 0 Å². The molecule has 0 saturated heterocycles. The van der Waals surface area contributed by atoms with E-state index in [1.54, 1.807) is 24.3 Å². The van der Waals surface area contributed by atoms with Crippen molar-refractivity contribution in [2.24, 2.45) is 0 Å². The number of fused-ring (bicyclic) bond motifs is 3. The number of furan rings is 1. The third kappa shape index (κ3) is 1.83. The fraction of sp³-hybridized carbons (Fsp3) is 0. The zero-order valence-electron chi connectivity index (χ0n) is 12.1. The van der Waals surface area contributed by atoms with Crippen molar-refractivity contribution in [3.8, 4) is 17.2 Å². The van der Waals surface area contributed by atoms with E-state index in [1.165, 1.54) is 0 Å². The summed E-state index contributed by atoms with van der Waals surface area (Å²) in [5.74, 6) is -4.57. The Hall–Kier alpha value is -3.26. The fourth-order valence-corrected chi connectivity index (χ4v) is 2.87. The second-order valence-electron chi connectivity index (χ2n) is 5.28. The van der Waals surface area contributed by atoms with E-state index in [-0.39, 0.29) is 16.6 Å². The number of hydrogen-bond donors (Lipinski definition) is 0. The lowest BCUT2D eigenvalue weighted by atomic mass is 10.0. The molecule has 0 saturated carbocycles. The molecule has 0 amide bonds. The fourth-order valence-electron chi connectivity index (χ4n) is 2.87. The van der Waals surface area contributed by atoms with E-state index < -0.39 is 23.0 Å². The van der Waals surface area contributed by atoms with Gasteiger partial charge in [0.25, 0.3) is 0 Å². The van der Waals surface area contributed by atoms with Crippen LogP contribution < -0.4 is 0 Å². The SMILES string of the molecule is N#Cc1c(F)c(F)c(F)c2c1oc1c(-c3ccccc3)cccc12. The number of para-hydroxylation sites is 1. The highest BCUT2D eigenvalue weighted by molar-refractivity contribution is 6.11. The van der Waals surface area contributed by atoms with Gasteiger partial charge < -0.3 is 4.42 Å². The molecule has 0 aliphatic rings. The Morgan fingerprint density at radius 1 is 0.792 bits per heavy atom. The Bertz CT molecular complexity index is 1140. The van der Waals surface area contributed by atoms with Gasteiger partial charge in [-0.05, 0) is 5.56 Å². The molecule has 2 nitrogen and oxygen atoms in total. The second-order valence-corrected chi connectivity index (χ2v) is 5.28. The molecule has 0 aliphatic heterocycles. The number of benzene rings is 3. The smallest absolute Gasteiger partial charge is 0.196 e. The quantitative estimate of drug-likeness (QED) is 0.431. The molecule has 0 bridgehead atoms. The van der Waals surface area contributed by atoms with Crippen LogP contribution in [0.2, 0.25) is 0 Å². The van der Waals surface area contributed by atoms with Gasteiger partial charge in [0.15, 0.2) is 23.0 Å². The summed E-state index contributed by atoms with van der Waals surface area (Å²) in [5, 5.41) is 9.17. The summed E-state index contributed by atoms with van der Waals surface area (Å²) in [7, 11) is 0. The van der Waals surface area contributed by atoms with Gasteiger partial charge in [0.2, 0.25) is 0 Å². The van der Waals surface area contributed by atoms with E-state index in [2.05, 4.69) is 0 Å². The molecule has 4 aromatic rings. The van der Waals surface area contributed by atoms with Crippen molar-refractivity contribution >= 4 is 21.9 Å². The van der Waals surface area contributed by atoms with Crippen molar-refractivity contribution in [3.05, 3.63) is 71.5 Å². The van der Waals surface area contributed by atoms with Crippen molar-refractivity contribution in [2.75, 3.05) is 0 Å². The zero-order valence-corrected chi connectivity index (χ0v) is 12.1. The summed E-state index contributed by atoms with van der Waals surface area (Å²) in [4.78, 5) is 0. The lowest BCUT2D eigenvalue weighted by Crippen LogP contribution is -1.96. The molecule has 1 aromatic heterocycles. The Labute approximate surface area is 134 Å². The van der Waals surface area contributed by atoms with E-state index in [4.69, 9.17) is 9.68 Å². The minimum absolute atomic E-state index is 0.224. The van der Waals surface area contributed by atoms with Gasteiger partial charge in [0.1, 0.15) is 17.2 Å². The number of nitrogens with zero attached hydrogens (tertiary/aromatic N) is 1. The van der Waals surface area contributed by atoms with Crippen LogP contribution in [0.1, 0.15) is 5.56 Å². The normalized spacial score (nSPS) is 11.1.